The number of benzene rings is 2. The Morgan fingerprint density at radius 3 is 2.45 bits per heavy atom. The summed E-state index contributed by atoms with van der Waals surface area (Å²) in [6.07, 6.45) is 3.53. The van der Waals surface area contributed by atoms with Crippen molar-refractivity contribution >= 4 is 11.8 Å². The van der Waals surface area contributed by atoms with E-state index in [9.17, 15) is 9.18 Å². The highest BCUT2D eigenvalue weighted by atomic mass is 19.1. The van der Waals surface area contributed by atoms with Gasteiger partial charge < -0.3 is 20.3 Å². The molecule has 4 rings (SSSR count). The van der Waals surface area contributed by atoms with Gasteiger partial charge in [-0.2, -0.15) is 0 Å². The van der Waals surface area contributed by atoms with E-state index < -0.39 is 18.3 Å². The number of ether oxygens (including phenoxy) is 2. The number of methoxy groups -OCH3 is 1. The SMILES string of the molecule is CC(=O)O.COc1cc(COCCF)cc(C(Cc2ccc(C(=N)N)cc2)c2nn(-c3ncccn3)c(=O)[nH]2)c1. The number of nitrogen functional groups attached to an aromatic ring is 1. The van der Waals surface area contributed by atoms with Crippen LogP contribution >= 0.6 is 0 Å². The maximum absolute atomic E-state index is 12.8. The Labute approximate surface area is 229 Å². The second-order valence-corrected chi connectivity index (χ2v) is 8.52. The van der Waals surface area contributed by atoms with Gasteiger partial charge in [0.25, 0.3) is 11.9 Å². The third-order valence-corrected chi connectivity index (χ3v) is 5.53. The Bertz CT molecular complexity index is 1470. The van der Waals surface area contributed by atoms with Gasteiger partial charge in [0, 0.05) is 30.8 Å². The second kappa shape index (κ2) is 14.3. The minimum absolute atomic E-state index is 0.00668. The Hall–Kier alpha value is -4.91. The van der Waals surface area contributed by atoms with Crippen LogP contribution in [0.15, 0.2) is 65.7 Å². The summed E-state index contributed by atoms with van der Waals surface area (Å²) in [6, 6.07) is 14.6. The molecular formula is C27H30FN7O5. The van der Waals surface area contributed by atoms with Gasteiger partial charge in [-0.3, -0.25) is 15.2 Å². The zero-order valence-electron chi connectivity index (χ0n) is 22.0. The predicted molar refractivity (Wildman–Crippen MR) is 145 cm³/mol. The summed E-state index contributed by atoms with van der Waals surface area (Å²) in [7, 11) is 1.56. The van der Waals surface area contributed by atoms with Crippen LogP contribution in [0.3, 0.4) is 0 Å². The Morgan fingerprint density at radius 1 is 1.18 bits per heavy atom. The maximum Gasteiger partial charge on any atom is 0.350 e. The summed E-state index contributed by atoms with van der Waals surface area (Å²) in [4.78, 5) is 32.8. The minimum Gasteiger partial charge on any atom is -0.497 e. The molecule has 12 nitrogen and oxygen atoms in total. The fraction of sp³-hybridized carbons (Fsp3) is 0.259. The number of H-pyrrole nitrogens is 1. The van der Waals surface area contributed by atoms with Crippen molar-refractivity contribution < 1.29 is 23.8 Å². The van der Waals surface area contributed by atoms with Gasteiger partial charge in [0.05, 0.1) is 20.3 Å². The monoisotopic (exact) mass is 551 g/mol. The van der Waals surface area contributed by atoms with Gasteiger partial charge in [0.15, 0.2) is 0 Å². The predicted octanol–water partition coefficient (Wildman–Crippen LogP) is 2.59. The van der Waals surface area contributed by atoms with Crippen LogP contribution in [-0.2, 0) is 22.6 Å². The average Bonchev–Trinajstić information content (AvgIpc) is 3.33. The molecule has 2 aromatic carbocycles. The van der Waals surface area contributed by atoms with Crippen LogP contribution in [-0.4, -0.2) is 62.0 Å². The van der Waals surface area contributed by atoms with Gasteiger partial charge in [-0.25, -0.2) is 19.2 Å². The smallest absolute Gasteiger partial charge is 0.350 e. The molecule has 4 aromatic rings. The lowest BCUT2D eigenvalue weighted by atomic mass is 9.89. The molecule has 0 aliphatic heterocycles. The van der Waals surface area contributed by atoms with E-state index in [1.165, 1.54) is 12.4 Å². The van der Waals surface area contributed by atoms with Gasteiger partial charge in [-0.15, -0.1) is 9.78 Å². The quantitative estimate of drug-likeness (QED) is 0.124. The normalized spacial score (nSPS) is 11.3. The number of nitrogens with zero attached hydrogens (tertiary/aromatic N) is 4. The van der Waals surface area contributed by atoms with Gasteiger partial charge in [0.1, 0.15) is 24.1 Å². The first kappa shape index (κ1) is 29.6. The molecule has 2 aromatic heterocycles. The van der Waals surface area contributed by atoms with Gasteiger partial charge in [-0.1, -0.05) is 30.3 Å². The molecule has 1 atom stereocenters. The third-order valence-electron chi connectivity index (χ3n) is 5.53. The third kappa shape index (κ3) is 8.30. The van der Waals surface area contributed by atoms with Gasteiger partial charge >= 0.3 is 5.69 Å². The standard InChI is InChI=1S/C25H26FN7O3.C2H4O2/c1-35-20-12-17(15-36-10-7-26)11-19(14-20)21(13-16-3-5-18(6-4-16)22(27)28)23-31-25(34)33(32-23)24-29-8-2-9-30-24;1-2(3)4/h2-6,8-9,11-12,14,21H,7,10,13,15H2,1H3,(H3,27,28)(H,31,32,34);1H3,(H,3,4). The number of aromatic nitrogens is 5. The van der Waals surface area contributed by atoms with Crippen LogP contribution in [0.25, 0.3) is 5.95 Å². The molecule has 0 amide bonds. The summed E-state index contributed by atoms with van der Waals surface area (Å²) in [5, 5.41) is 19.6. The Morgan fingerprint density at radius 2 is 1.85 bits per heavy atom. The zero-order chi connectivity index (χ0) is 29.1. The zero-order valence-corrected chi connectivity index (χ0v) is 22.0. The van der Waals surface area contributed by atoms with E-state index in [2.05, 4.69) is 20.1 Å². The fourth-order valence-electron chi connectivity index (χ4n) is 3.80. The number of aromatic amines is 1. The molecule has 0 aliphatic carbocycles. The number of aliphatic carboxylic acids is 1. The Balaban J connectivity index is 0.00000103. The maximum atomic E-state index is 12.8. The first-order valence-corrected chi connectivity index (χ1v) is 12.1. The van der Waals surface area contributed by atoms with Crippen LogP contribution in [0.1, 0.15) is 40.9 Å². The number of hydrogen-bond acceptors (Lipinski definition) is 8. The number of rotatable bonds is 11. The van der Waals surface area contributed by atoms with Crippen molar-refractivity contribution in [2.45, 2.75) is 25.9 Å². The average molecular weight is 552 g/mol. The molecule has 13 heteroatoms. The first-order valence-electron chi connectivity index (χ1n) is 12.1. The molecule has 0 spiro atoms. The van der Waals surface area contributed by atoms with E-state index in [1.54, 1.807) is 25.3 Å². The summed E-state index contributed by atoms with van der Waals surface area (Å²) in [5.41, 5.74) is 8.29. The number of carboxylic acid groups (broad SMARTS) is 1. The first-order chi connectivity index (χ1) is 19.2. The highest BCUT2D eigenvalue weighted by molar-refractivity contribution is 5.94. The molecule has 0 bridgehead atoms. The van der Waals surface area contributed by atoms with Crippen LogP contribution in [0, 0.1) is 5.41 Å². The van der Waals surface area contributed by atoms with Crippen LogP contribution in [0.2, 0.25) is 0 Å². The van der Waals surface area contributed by atoms with E-state index in [0.29, 0.717) is 23.6 Å². The summed E-state index contributed by atoms with van der Waals surface area (Å²) >= 11 is 0. The van der Waals surface area contributed by atoms with E-state index in [-0.39, 0.29) is 30.9 Å². The topological polar surface area (TPSA) is 182 Å². The molecule has 5 N–H and O–H groups in total. The molecule has 0 saturated carbocycles. The van der Waals surface area contributed by atoms with E-state index in [1.807, 2.05) is 30.3 Å². The Kier molecular flexibility index (Phi) is 10.6. The molecule has 0 saturated heterocycles. The van der Waals surface area contributed by atoms with E-state index in [0.717, 1.165) is 28.3 Å². The number of amidine groups is 1. The van der Waals surface area contributed by atoms with Gasteiger partial charge in [-0.05, 0) is 41.3 Å². The molecule has 1 unspecified atom stereocenters. The molecule has 40 heavy (non-hydrogen) atoms. The van der Waals surface area contributed by atoms with Crippen LogP contribution in [0.5, 0.6) is 5.75 Å². The van der Waals surface area contributed by atoms with Crippen molar-refractivity contribution in [1.29, 1.82) is 5.41 Å². The van der Waals surface area contributed by atoms with Crippen molar-refractivity contribution in [2.75, 3.05) is 20.4 Å². The lowest BCUT2D eigenvalue weighted by Crippen LogP contribution is -2.18. The fourth-order valence-corrected chi connectivity index (χ4v) is 3.80. The lowest BCUT2D eigenvalue weighted by molar-refractivity contribution is -0.134. The van der Waals surface area contributed by atoms with E-state index in [4.69, 9.17) is 30.5 Å². The number of hydrogen-bond donors (Lipinski definition) is 4. The molecule has 210 valence electrons. The molecular weight excluding hydrogens is 521 g/mol. The number of carboxylic acids is 1. The number of carbonyl (C=O) groups is 1. The number of nitrogens with two attached hydrogens (primary N) is 1. The summed E-state index contributed by atoms with van der Waals surface area (Å²) < 4.78 is 24.5. The molecule has 2 heterocycles. The number of alkyl halides is 1. The van der Waals surface area contributed by atoms with Crippen molar-refractivity contribution in [1.82, 2.24) is 24.7 Å². The summed E-state index contributed by atoms with van der Waals surface area (Å²) in [5.74, 6) is -0.0837. The number of nitrogens with one attached hydrogen (secondary N) is 2. The van der Waals surface area contributed by atoms with Crippen molar-refractivity contribution in [3.63, 3.8) is 0 Å². The van der Waals surface area contributed by atoms with Gasteiger partial charge in [0.2, 0.25) is 0 Å². The largest absolute Gasteiger partial charge is 0.497 e. The van der Waals surface area contributed by atoms with Crippen molar-refractivity contribution in [3.8, 4) is 11.7 Å². The summed E-state index contributed by atoms with van der Waals surface area (Å²) in [6.45, 7) is 0.709. The minimum atomic E-state index is -0.833. The molecule has 0 fully saturated rings. The van der Waals surface area contributed by atoms with Crippen LogP contribution in [0.4, 0.5) is 4.39 Å². The lowest BCUT2D eigenvalue weighted by Gasteiger charge is -2.18. The highest BCUT2D eigenvalue weighted by Crippen LogP contribution is 2.30. The van der Waals surface area contributed by atoms with Crippen LogP contribution < -0.4 is 16.2 Å². The number of halogens is 1. The van der Waals surface area contributed by atoms with E-state index >= 15 is 0 Å². The molecule has 0 aliphatic rings. The molecule has 0 radical (unpaired) electrons. The second-order valence-electron chi connectivity index (χ2n) is 8.52. The van der Waals surface area contributed by atoms with Crippen molar-refractivity contribution in [3.05, 3.63) is 99.5 Å². The van der Waals surface area contributed by atoms with Crippen molar-refractivity contribution in [2.24, 2.45) is 5.73 Å². The highest BCUT2D eigenvalue weighted by Gasteiger charge is 2.23.